The smallest absolute Gasteiger partial charge is 0.0862 e. The number of benzene rings is 5. The maximum absolute atomic E-state index is 14.1. The molecule has 0 spiro atoms. The molecule has 2 nitrogen and oxygen atoms in total. The fraction of sp³-hybridized carbons (Fsp3) is 0.200. The first-order valence-corrected chi connectivity index (χ1v) is 15.9. The zero-order valence-corrected chi connectivity index (χ0v) is 24.3. The van der Waals surface area contributed by atoms with Gasteiger partial charge in [0.25, 0.3) is 0 Å². The summed E-state index contributed by atoms with van der Waals surface area (Å²) in [4.78, 5) is 3.36. The van der Waals surface area contributed by atoms with E-state index in [0.717, 1.165) is 65.4 Å². The molecular formula is C35H30O2S2. The first-order valence-electron chi connectivity index (χ1n) is 13.6. The summed E-state index contributed by atoms with van der Waals surface area (Å²) in [5.74, 6) is 0. The molecule has 39 heavy (non-hydrogen) atoms. The summed E-state index contributed by atoms with van der Waals surface area (Å²) in [6, 6.07) is 29.6. The minimum absolute atomic E-state index is 0.146. The Balaban J connectivity index is 1.39. The molecule has 2 atom stereocenters. The van der Waals surface area contributed by atoms with Gasteiger partial charge in [0.15, 0.2) is 0 Å². The van der Waals surface area contributed by atoms with E-state index in [1.165, 1.54) is 22.3 Å². The van der Waals surface area contributed by atoms with Gasteiger partial charge in [-0.25, -0.2) is 8.42 Å². The van der Waals surface area contributed by atoms with Crippen molar-refractivity contribution in [1.29, 1.82) is 0 Å². The Bertz CT molecular complexity index is 1900. The molecule has 7 rings (SSSR count). The van der Waals surface area contributed by atoms with Crippen LogP contribution in [0.5, 0.6) is 0 Å². The summed E-state index contributed by atoms with van der Waals surface area (Å²) in [6.07, 6.45) is 1.92. The van der Waals surface area contributed by atoms with Gasteiger partial charge in [-0.3, -0.25) is 0 Å². The number of fused-ring (bicyclic) bond motifs is 8. The van der Waals surface area contributed by atoms with Crippen LogP contribution < -0.4 is 0 Å². The Morgan fingerprint density at radius 1 is 0.641 bits per heavy atom. The highest BCUT2D eigenvalue weighted by Gasteiger charge is 2.37. The third-order valence-corrected chi connectivity index (χ3v) is 11.9. The molecule has 5 aromatic rings. The summed E-state index contributed by atoms with van der Waals surface area (Å²) < 4.78 is 27.7. The lowest BCUT2D eigenvalue weighted by molar-refractivity contribution is 0.475. The second-order valence-electron chi connectivity index (χ2n) is 10.9. The van der Waals surface area contributed by atoms with Crippen molar-refractivity contribution in [3.05, 3.63) is 107 Å². The predicted octanol–water partition coefficient (Wildman–Crippen LogP) is 8.86. The van der Waals surface area contributed by atoms with E-state index in [1.807, 2.05) is 36.4 Å². The molecule has 0 aromatic heterocycles. The summed E-state index contributed by atoms with van der Waals surface area (Å²) >= 11 is 0. The van der Waals surface area contributed by atoms with E-state index in [-0.39, 0.29) is 5.41 Å². The standard InChI is InChI=1S/C35H30O2S2/c1-5-35(6-2,29-15-11-21(3)17-22(29)4)24-13-14-26-27-19-33-28(20-32(27)39(37)31(26)18-24)34-25-10-8-7-9-23(25)12-16-30(34)38(33)36/h7-20H,5-6H2,1-4H3. The quantitative estimate of drug-likeness (QED) is 0.221. The van der Waals surface area contributed by atoms with Crippen LogP contribution in [0.4, 0.5) is 0 Å². The van der Waals surface area contributed by atoms with Gasteiger partial charge in [0.1, 0.15) is 0 Å². The second-order valence-corrected chi connectivity index (χ2v) is 13.7. The minimum Gasteiger partial charge on any atom is -0.249 e. The van der Waals surface area contributed by atoms with Crippen molar-refractivity contribution in [3.8, 4) is 22.3 Å². The Hall–Kier alpha value is -3.34. The van der Waals surface area contributed by atoms with Gasteiger partial charge >= 0.3 is 0 Å². The van der Waals surface area contributed by atoms with Crippen LogP contribution in [0.3, 0.4) is 0 Å². The molecule has 0 fully saturated rings. The zero-order chi connectivity index (χ0) is 27.1. The molecule has 2 heterocycles. The van der Waals surface area contributed by atoms with Crippen molar-refractivity contribution in [1.82, 2.24) is 0 Å². The molecule has 0 saturated heterocycles. The summed E-state index contributed by atoms with van der Waals surface area (Å²) in [5, 5.41) is 2.22. The fourth-order valence-electron chi connectivity index (χ4n) is 6.93. The lowest BCUT2D eigenvalue weighted by atomic mass is 9.69. The van der Waals surface area contributed by atoms with Gasteiger partial charge in [0.05, 0.1) is 41.2 Å². The van der Waals surface area contributed by atoms with E-state index >= 15 is 0 Å². The van der Waals surface area contributed by atoms with Crippen LogP contribution in [-0.2, 0) is 27.0 Å². The SMILES string of the molecule is CCC(CC)(c1ccc2c(c1)S(=O)c1cc3c(cc1-2)S(=O)c1ccc2ccccc2c1-3)c1ccc(C)cc1C. The Kier molecular flexibility index (Phi) is 5.59. The monoisotopic (exact) mass is 546 g/mol. The maximum Gasteiger partial charge on any atom is 0.0862 e. The minimum atomic E-state index is -1.30. The van der Waals surface area contributed by atoms with Crippen molar-refractivity contribution in [2.45, 2.75) is 65.5 Å². The maximum atomic E-state index is 14.1. The second kappa shape index (κ2) is 8.84. The van der Waals surface area contributed by atoms with E-state index in [0.29, 0.717) is 0 Å². The van der Waals surface area contributed by atoms with Gasteiger partial charge in [-0.15, -0.1) is 0 Å². The van der Waals surface area contributed by atoms with Crippen LogP contribution in [0.25, 0.3) is 33.0 Å². The largest absolute Gasteiger partial charge is 0.249 e. The van der Waals surface area contributed by atoms with Crippen molar-refractivity contribution in [2.75, 3.05) is 0 Å². The van der Waals surface area contributed by atoms with Crippen molar-refractivity contribution in [3.63, 3.8) is 0 Å². The summed E-state index contributed by atoms with van der Waals surface area (Å²) in [6.45, 7) is 8.84. The predicted molar refractivity (Wildman–Crippen MR) is 161 cm³/mol. The number of hydrogen-bond donors (Lipinski definition) is 0. The number of hydrogen-bond acceptors (Lipinski definition) is 2. The molecule has 0 radical (unpaired) electrons. The lowest BCUT2D eigenvalue weighted by Gasteiger charge is -2.35. The van der Waals surface area contributed by atoms with E-state index in [4.69, 9.17) is 0 Å². The summed E-state index contributed by atoms with van der Waals surface area (Å²) in [5.41, 5.74) is 8.89. The van der Waals surface area contributed by atoms with Gasteiger partial charge in [-0.05, 0) is 84.0 Å². The molecule has 0 amide bonds. The highest BCUT2D eigenvalue weighted by atomic mass is 32.2. The van der Waals surface area contributed by atoms with E-state index in [9.17, 15) is 8.42 Å². The van der Waals surface area contributed by atoms with Crippen LogP contribution in [0.15, 0.2) is 105 Å². The number of aryl methyl sites for hydroxylation is 2. The Morgan fingerprint density at radius 2 is 1.33 bits per heavy atom. The van der Waals surface area contributed by atoms with E-state index in [1.54, 1.807) is 0 Å². The lowest BCUT2D eigenvalue weighted by Crippen LogP contribution is -2.27. The van der Waals surface area contributed by atoms with Crippen molar-refractivity contribution < 1.29 is 8.42 Å². The van der Waals surface area contributed by atoms with Gasteiger partial charge in [-0.2, -0.15) is 0 Å². The van der Waals surface area contributed by atoms with Crippen LogP contribution in [0.1, 0.15) is 48.9 Å². The van der Waals surface area contributed by atoms with Gasteiger partial charge < -0.3 is 0 Å². The molecule has 0 saturated carbocycles. The van der Waals surface area contributed by atoms with Crippen molar-refractivity contribution >= 4 is 32.4 Å². The van der Waals surface area contributed by atoms with Gasteiger partial charge in [0.2, 0.25) is 0 Å². The molecule has 0 aliphatic carbocycles. The van der Waals surface area contributed by atoms with E-state index < -0.39 is 21.6 Å². The Morgan fingerprint density at radius 3 is 2.10 bits per heavy atom. The summed E-state index contributed by atoms with van der Waals surface area (Å²) in [7, 11) is -2.56. The topological polar surface area (TPSA) is 34.1 Å². The highest BCUT2D eigenvalue weighted by Crippen LogP contribution is 2.52. The number of rotatable bonds is 4. The molecule has 0 N–H and O–H groups in total. The first-order chi connectivity index (χ1) is 18.9. The highest BCUT2D eigenvalue weighted by molar-refractivity contribution is 7.86. The van der Waals surface area contributed by atoms with Crippen LogP contribution >= 0.6 is 0 Å². The average molecular weight is 547 g/mol. The molecule has 2 aliphatic rings. The zero-order valence-electron chi connectivity index (χ0n) is 22.6. The first kappa shape index (κ1) is 24.7. The normalized spacial score (nSPS) is 17.1. The van der Waals surface area contributed by atoms with Crippen molar-refractivity contribution in [2.24, 2.45) is 0 Å². The molecule has 2 aliphatic heterocycles. The molecule has 2 unspecified atom stereocenters. The van der Waals surface area contributed by atoms with E-state index in [2.05, 4.69) is 76.2 Å². The molecule has 194 valence electrons. The van der Waals surface area contributed by atoms with Crippen LogP contribution in [0.2, 0.25) is 0 Å². The third-order valence-electron chi connectivity index (χ3n) is 8.97. The van der Waals surface area contributed by atoms with Crippen LogP contribution in [-0.4, -0.2) is 8.42 Å². The fourth-order valence-corrected chi connectivity index (χ4v) is 9.80. The average Bonchev–Trinajstić information content (AvgIpc) is 3.40. The van der Waals surface area contributed by atoms with Crippen LogP contribution in [0, 0.1) is 13.8 Å². The van der Waals surface area contributed by atoms with Gasteiger partial charge in [0, 0.05) is 22.1 Å². The molecular weight excluding hydrogens is 517 g/mol. The molecule has 5 aromatic carbocycles. The third kappa shape index (κ3) is 3.38. The molecule has 4 heteroatoms. The molecule has 0 bridgehead atoms. The Labute approximate surface area is 235 Å². The van der Waals surface area contributed by atoms with Gasteiger partial charge in [-0.1, -0.05) is 80.1 Å².